The Morgan fingerprint density at radius 2 is 1.76 bits per heavy atom. The maximum absolute atomic E-state index is 13.9. The predicted octanol–water partition coefficient (Wildman–Crippen LogP) is 5.84. The van der Waals surface area contributed by atoms with E-state index in [9.17, 15) is 9.18 Å². The minimum Gasteiger partial charge on any atom is -0.497 e. The molecule has 146 valence electrons. The van der Waals surface area contributed by atoms with Gasteiger partial charge in [0.05, 0.1) is 17.7 Å². The van der Waals surface area contributed by atoms with Crippen LogP contribution in [0.3, 0.4) is 0 Å². The van der Waals surface area contributed by atoms with Crippen LogP contribution in [0.25, 0.3) is 22.1 Å². The van der Waals surface area contributed by atoms with Gasteiger partial charge in [-0.05, 0) is 48.0 Å². The second kappa shape index (κ2) is 7.97. The number of rotatable bonds is 5. The third-order valence-electron chi connectivity index (χ3n) is 4.55. The van der Waals surface area contributed by atoms with Gasteiger partial charge in [0, 0.05) is 17.0 Å². The van der Waals surface area contributed by atoms with Crippen LogP contribution in [0, 0.1) is 5.82 Å². The minimum absolute atomic E-state index is 0.0365. The molecule has 0 atom stereocenters. The van der Waals surface area contributed by atoms with Crippen molar-refractivity contribution in [2.24, 2.45) is 0 Å². The van der Waals surface area contributed by atoms with Crippen LogP contribution < -0.4 is 15.1 Å². The van der Waals surface area contributed by atoms with E-state index in [0.717, 1.165) is 10.9 Å². The Bertz CT molecular complexity index is 1210. The zero-order valence-electron chi connectivity index (χ0n) is 15.4. The van der Waals surface area contributed by atoms with Gasteiger partial charge in [0.25, 0.3) is 0 Å². The van der Waals surface area contributed by atoms with Gasteiger partial charge in [0.1, 0.15) is 29.5 Å². The lowest BCUT2D eigenvalue weighted by atomic mass is 10.1. The van der Waals surface area contributed by atoms with Crippen LogP contribution in [-0.2, 0) is 6.61 Å². The molecule has 0 saturated carbocycles. The lowest BCUT2D eigenvalue weighted by Crippen LogP contribution is -2.03. The second-order valence-corrected chi connectivity index (χ2v) is 6.77. The van der Waals surface area contributed by atoms with Crippen molar-refractivity contribution in [1.29, 1.82) is 0 Å². The van der Waals surface area contributed by atoms with Gasteiger partial charge in [0.2, 0.25) is 0 Å². The van der Waals surface area contributed by atoms with Gasteiger partial charge in [-0.1, -0.05) is 29.8 Å². The van der Waals surface area contributed by atoms with Crippen LogP contribution in [0.4, 0.5) is 4.39 Å². The first kappa shape index (κ1) is 19.0. The third kappa shape index (κ3) is 3.96. The zero-order chi connectivity index (χ0) is 20.4. The monoisotopic (exact) mass is 410 g/mol. The number of hydrogen-bond acceptors (Lipinski definition) is 4. The Morgan fingerprint density at radius 1 is 1.00 bits per heavy atom. The molecule has 0 unspecified atom stereocenters. The SMILES string of the molecule is COc1ccc(-c2cc3ccc(OCc4c(F)cccc4Cl)cc3oc2=O)cc1. The molecular weight excluding hydrogens is 395 g/mol. The third-order valence-corrected chi connectivity index (χ3v) is 4.91. The summed E-state index contributed by atoms with van der Waals surface area (Å²) in [5.74, 6) is 0.710. The molecule has 0 aliphatic heterocycles. The van der Waals surface area contributed by atoms with Crippen molar-refractivity contribution in [3.8, 4) is 22.6 Å². The largest absolute Gasteiger partial charge is 0.497 e. The predicted molar refractivity (Wildman–Crippen MR) is 110 cm³/mol. The van der Waals surface area contributed by atoms with Crippen molar-refractivity contribution in [1.82, 2.24) is 0 Å². The van der Waals surface area contributed by atoms with Crippen LogP contribution in [0.15, 0.2) is 75.9 Å². The molecule has 0 aliphatic carbocycles. The summed E-state index contributed by atoms with van der Waals surface area (Å²) >= 11 is 6.02. The summed E-state index contributed by atoms with van der Waals surface area (Å²) in [6.45, 7) is -0.0365. The van der Waals surface area contributed by atoms with Crippen LogP contribution >= 0.6 is 11.6 Å². The van der Waals surface area contributed by atoms with Crippen LogP contribution in [0.5, 0.6) is 11.5 Å². The highest BCUT2D eigenvalue weighted by molar-refractivity contribution is 6.31. The standard InChI is InChI=1S/C23H16ClFO4/c1-27-16-8-5-14(6-9-16)18-11-15-7-10-17(12-22(15)29-23(18)26)28-13-19-20(24)3-2-4-21(19)25/h2-12H,13H2,1H3. The Morgan fingerprint density at radius 3 is 2.48 bits per heavy atom. The van der Waals surface area contributed by atoms with E-state index < -0.39 is 11.4 Å². The quantitative estimate of drug-likeness (QED) is 0.388. The first-order chi connectivity index (χ1) is 14.0. The first-order valence-electron chi connectivity index (χ1n) is 8.83. The summed E-state index contributed by atoms with van der Waals surface area (Å²) in [5.41, 5.74) is 1.37. The van der Waals surface area contributed by atoms with Crippen LogP contribution in [-0.4, -0.2) is 7.11 Å². The summed E-state index contributed by atoms with van der Waals surface area (Å²) < 4.78 is 30.1. The fourth-order valence-corrected chi connectivity index (χ4v) is 3.20. The van der Waals surface area contributed by atoms with E-state index in [1.807, 2.05) is 0 Å². The van der Waals surface area contributed by atoms with Crippen molar-refractivity contribution in [3.05, 3.63) is 93.6 Å². The van der Waals surface area contributed by atoms with E-state index in [0.29, 0.717) is 27.7 Å². The van der Waals surface area contributed by atoms with Gasteiger partial charge in [-0.25, -0.2) is 9.18 Å². The molecule has 6 heteroatoms. The van der Waals surface area contributed by atoms with Gasteiger partial charge in [-0.15, -0.1) is 0 Å². The summed E-state index contributed by atoms with van der Waals surface area (Å²) in [7, 11) is 1.58. The number of ether oxygens (including phenoxy) is 2. The van der Waals surface area contributed by atoms with Crippen molar-refractivity contribution in [2.45, 2.75) is 6.61 Å². The van der Waals surface area contributed by atoms with E-state index >= 15 is 0 Å². The number of halogens is 2. The molecule has 0 radical (unpaired) electrons. The molecule has 0 N–H and O–H groups in total. The molecule has 4 nitrogen and oxygen atoms in total. The summed E-state index contributed by atoms with van der Waals surface area (Å²) in [6.07, 6.45) is 0. The Hall–Kier alpha value is -3.31. The second-order valence-electron chi connectivity index (χ2n) is 6.36. The molecular formula is C23H16ClFO4. The molecule has 29 heavy (non-hydrogen) atoms. The lowest BCUT2D eigenvalue weighted by molar-refractivity contribution is 0.300. The van der Waals surface area contributed by atoms with Gasteiger partial charge < -0.3 is 13.9 Å². The van der Waals surface area contributed by atoms with Gasteiger partial charge in [-0.3, -0.25) is 0 Å². The van der Waals surface area contributed by atoms with E-state index in [4.69, 9.17) is 25.5 Å². The number of fused-ring (bicyclic) bond motifs is 1. The van der Waals surface area contributed by atoms with Gasteiger partial charge >= 0.3 is 5.63 Å². The van der Waals surface area contributed by atoms with Crippen molar-refractivity contribution >= 4 is 22.6 Å². The van der Waals surface area contributed by atoms with Crippen LogP contribution in [0.2, 0.25) is 5.02 Å². The smallest absolute Gasteiger partial charge is 0.344 e. The summed E-state index contributed by atoms with van der Waals surface area (Å²) in [4.78, 5) is 12.5. The Balaban J connectivity index is 1.62. The number of hydrogen-bond donors (Lipinski definition) is 0. The maximum Gasteiger partial charge on any atom is 0.344 e. The number of methoxy groups -OCH3 is 1. The van der Waals surface area contributed by atoms with Crippen molar-refractivity contribution in [2.75, 3.05) is 7.11 Å². The number of benzene rings is 3. The average Bonchev–Trinajstić information content (AvgIpc) is 2.73. The molecule has 1 heterocycles. The van der Waals surface area contributed by atoms with E-state index in [1.54, 1.807) is 61.7 Å². The molecule has 0 spiro atoms. The van der Waals surface area contributed by atoms with Crippen molar-refractivity contribution in [3.63, 3.8) is 0 Å². The van der Waals surface area contributed by atoms with Crippen LogP contribution in [0.1, 0.15) is 5.56 Å². The van der Waals surface area contributed by atoms with E-state index in [2.05, 4.69) is 0 Å². The van der Waals surface area contributed by atoms with Gasteiger partial charge in [0.15, 0.2) is 0 Å². The Labute approximate surface area is 171 Å². The molecule has 0 amide bonds. The minimum atomic E-state index is -0.461. The van der Waals surface area contributed by atoms with E-state index in [-0.39, 0.29) is 12.2 Å². The molecule has 0 fully saturated rings. The summed E-state index contributed by atoms with van der Waals surface area (Å²) in [6, 6.07) is 18.5. The Kier molecular flexibility index (Phi) is 5.23. The fourth-order valence-electron chi connectivity index (χ4n) is 2.98. The molecule has 0 bridgehead atoms. The zero-order valence-corrected chi connectivity index (χ0v) is 16.2. The molecule has 1 aromatic heterocycles. The highest BCUT2D eigenvalue weighted by Crippen LogP contribution is 2.27. The molecule has 0 saturated heterocycles. The van der Waals surface area contributed by atoms with Gasteiger partial charge in [-0.2, -0.15) is 0 Å². The topological polar surface area (TPSA) is 48.7 Å². The van der Waals surface area contributed by atoms with Crippen molar-refractivity contribution < 1.29 is 18.3 Å². The highest BCUT2D eigenvalue weighted by atomic mass is 35.5. The molecule has 3 aromatic carbocycles. The molecule has 4 rings (SSSR count). The molecule has 0 aliphatic rings. The first-order valence-corrected chi connectivity index (χ1v) is 9.21. The van der Waals surface area contributed by atoms with E-state index in [1.165, 1.54) is 12.1 Å². The fraction of sp³-hybridized carbons (Fsp3) is 0.0870. The summed E-state index contributed by atoms with van der Waals surface area (Å²) in [5, 5.41) is 1.04. The lowest BCUT2D eigenvalue weighted by Gasteiger charge is -2.10. The average molecular weight is 411 g/mol. The molecule has 4 aromatic rings. The highest BCUT2D eigenvalue weighted by Gasteiger charge is 2.11. The normalized spacial score (nSPS) is 10.9. The maximum atomic E-state index is 13.9.